The standard InChI is InChI=1S/C11H13NO4/c1-7(13)12-8-5-4-6-9(15-2)10(8)11(14)16-3/h4-6H,1-3H3,(H,12,13). The molecule has 1 aromatic rings. The molecule has 0 aliphatic heterocycles. The molecular weight excluding hydrogens is 210 g/mol. The molecule has 86 valence electrons. The van der Waals surface area contributed by atoms with Crippen LogP contribution in [0.3, 0.4) is 0 Å². The molecule has 0 fully saturated rings. The van der Waals surface area contributed by atoms with Gasteiger partial charge < -0.3 is 14.8 Å². The number of esters is 1. The first kappa shape index (κ1) is 12.0. The van der Waals surface area contributed by atoms with E-state index in [9.17, 15) is 9.59 Å². The Morgan fingerprint density at radius 2 is 1.94 bits per heavy atom. The zero-order chi connectivity index (χ0) is 12.1. The van der Waals surface area contributed by atoms with Gasteiger partial charge in [0.05, 0.1) is 19.9 Å². The van der Waals surface area contributed by atoms with Crippen LogP contribution in [0.25, 0.3) is 0 Å². The fourth-order valence-electron chi connectivity index (χ4n) is 1.31. The Morgan fingerprint density at radius 1 is 1.25 bits per heavy atom. The van der Waals surface area contributed by atoms with Gasteiger partial charge in [0.15, 0.2) is 0 Å². The minimum atomic E-state index is -0.554. The Labute approximate surface area is 93.4 Å². The predicted molar refractivity (Wildman–Crippen MR) is 58.6 cm³/mol. The van der Waals surface area contributed by atoms with Crippen LogP contribution in [0.1, 0.15) is 17.3 Å². The first-order chi connectivity index (χ1) is 7.60. The Kier molecular flexibility index (Phi) is 3.88. The normalized spacial score (nSPS) is 9.44. The number of carbonyl (C=O) groups is 2. The van der Waals surface area contributed by atoms with Gasteiger partial charge in [-0.25, -0.2) is 4.79 Å². The average Bonchev–Trinajstić information content (AvgIpc) is 2.27. The number of rotatable bonds is 3. The molecular formula is C11H13NO4. The van der Waals surface area contributed by atoms with Gasteiger partial charge in [0.25, 0.3) is 0 Å². The Hall–Kier alpha value is -2.04. The van der Waals surface area contributed by atoms with Crippen molar-refractivity contribution in [2.75, 3.05) is 19.5 Å². The molecule has 0 aliphatic rings. The number of ether oxygens (including phenoxy) is 2. The minimum Gasteiger partial charge on any atom is -0.496 e. The van der Waals surface area contributed by atoms with Gasteiger partial charge >= 0.3 is 5.97 Å². The molecule has 0 spiro atoms. The van der Waals surface area contributed by atoms with E-state index in [1.807, 2.05) is 0 Å². The van der Waals surface area contributed by atoms with Crippen LogP contribution in [-0.2, 0) is 9.53 Å². The Bertz CT molecular complexity index is 414. The monoisotopic (exact) mass is 223 g/mol. The van der Waals surface area contributed by atoms with E-state index in [2.05, 4.69) is 10.1 Å². The van der Waals surface area contributed by atoms with Crippen LogP contribution in [0.4, 0.5) is 5.69 Å². The lowest BCUT2D eigenvalue weighted by Gasteiger charge is -2.11. The topological polar surface area (TPSA) is 64.6 Å². The van der Waals surface area contributed by atoms with Crippen molar-refractivity contribution >= 4 is 17.6 Å². The van der Waals surface area contributed by atoms with E-state index >= 15 is 0 Å². The summed E-state index contributed by atoms with van der Waals surface area (Å²) in [5.41, 5.74) is 0.585. The molecule has 5 nitrogen and oxygen atoms in total. The number of hydrogen-bond donors (Lipinski definition) is 1. The lowest BCUT2D eigenvalue weighted by atomic mass is 10.1. The maximum atomic E-state index is 11.5. The minimum absolute atomic E-state index is 0.211. The molecule has 0 radical (unpaired) electrons. The van der Waals surface area contributed by atoms with Gasteiger partial charge in [-0.3, -0.25) is 4.79 Å². The maximum Gasteiger partial charge on any atom is 0.343 e. The van der Waals surface area contributed by atoms with E-state index in [1.165, 1.54) is 21.1 Å². The number of anilines is 1. The van der Waals surface area contributed by atoms with Crippen molar-refractivity contribution < 1.29 is 19.1 Å². The van der Waals surface area contributed by atoms with Gasteiger partial charge in [-0.05, 0) is 12.1 Å². The Balaban J connectivity index is 3.25. The quantitative estimate of drug-likeness (QED) is 0.787. The van der Waals surface area contributed by atoms with Gasteiger partial charge in [0.2, 0.25) is 5.91 Å². The van der Waals surface area contributed by atoms with E-state index in [0.29, 0.717) is 11.4 Å². The Morgan fingerprint density at radius 3 is 2.44 bits per heavy atom. The molecule has 1 N–H and O–H groups in total. The summed E-state index contributed by atoms with van der Waals surface area (Å²) in [6, 6.07) is 4.91. The number of hydrogen-bond acceptors (Lipinski definition) is 4. The summed E-state index contributed by atoms with van der Waals surface area (Å²) >= 11 is 0. The maximum absolute atomic E-state index is 11.5. The highest BCUT2D eigenvalue weighted by molar-refractivity contribution is 6.02. The molecule has 0 unspecified atom stereocenters. The first-order valence-corrected chi connectivity index (χ1v) is 4.63. The number of carbonyl (C=O) groups excluding carboxylic acids is 2. The van der Waals surface area contributed by atoms with Crippen molar-refractivity contribution in [2.24, 2.45) is 0 Å². The third-order valence-electron chi connectivity index (χ3n) is 1.95. The summed E-state index contributed by atoms with van der Waals surface area (Å²) in [6.07, 6.45) is 0. The van der Waals surface area contributed by atoms with E-state index in [0.717, 1.165) is 0 Å². The second kappa shape index (κ2) is 5.16. The molecule has 0 aliphatic carbocycles. The number of amides is 1. The third kappa shape index (κ3) is 2.50. The van der Waals surface area contributed by atoms with Crippen LogP contribution in [0.2, 0.25) is 0 Å². The lowest BCUT2D eigenvalue weighted by molar-refractivity contribution is -0.114. The zero-order valence-electron chi connectivity index (χ0n) is 9.37. The van der Waals surface area contributed by atoms with Crippen molar-refractivity contribution in [3.8, 4) is 5.75 Å². The average molecular weight is 223 g/mol. The molecule has 0 aromatic heterocycles. The van der Waals surface area contributed by atoms with E-state index in [-0.39, 0.29) is 11.5 Å². The van der Waals surface area contributed by atoms with Crippen LogP contribution in [-0.4, -0.2) is 26.1 Å². The number of methoxy groups -OCH3 is 2. The SMILES string of the molecule is COC(=O)c1c(NC(C)=O)cccc1OC. The second-order valence-electron chi connectivity index (χ2n) is 3.06. The van der Waals surface area contributed by atoms with Gasteiger partial charge in [0.1, 0.15) is 11.3 Å². The van der Waals surface area contributed by atoms with E-state index in [1.54, 1.807) is 18.2 Å². The van der Waals surface area contributed by atoms with E-state index in [4.69, 9.17) is 4.74 Å². The molecule has 0 bridgehead atoms. The molecule has 1 aromatic carbocycles. The van der Waals surface area contributed by atoms with Crippen LogP contribution in [0.5, 0.6) is 5.75 Å². The van der Waals surface area contributed by atoms with Crippen LogP contribution >= 0.6 is 0 Å². The van der Waals surface area contributed by atoms with Crippen LogP contribution in [0, 0.1) is 0 Å². The van der Waals surface area contributed by atoms with Crippen molar-refractivity contribution in [2.45, 2.75) is 6.92 Å². The molecule has 0 atom stereocenters. The zero-order valence-corrected chi connectivity index (χ0v) is 9.37. The molecule has 0 saturated carbocycles. The third-order valence-corrected chi connectivity index (χ3v) is 1.95. The van der Waals surface area contributed by atoms with Crippen LogP contribution in [0.15, 0.2) is 18.2 Å². The summed E-state index contributed by atoms with van der Waals surface area (Å²) in [6.45, 7) is 1.36. The summed E-state index contributed by atoms with van der Waals surface area (Å²) in [5.74, 6) is -0.460. The second-order valence-corrected chi connectivity index (χ2v) is 3.06. The van der Waals surface area contributed by atoms with Gasteiger partial charge in [-0.1, -0.05) is 6.07 Å². The number of nitrogens with one attached hydrogen (secondary N) is 1. The molecule has 1 amide bonds. The van der Waals surface area contributed by atoms with Crippen LogP contribution < -0.4 is 10.1 Å². The molecule has 1 rings (SSSR count). The molecule has 16 heavy (non-hydrogen) atoms. The highest BCUT2D eigenvalue weighted by Gasteiger charge is 2.18. The van der Waals surface area contributed by atoms with Gasteiger partial charge in [-0.2, -0.15) is 0 Å². The summed E-state index contributed by atoms with van der Waals surface area (Å²) in [5, 5.41) is 2.54. The molecule has 5 heteroatoms. The predicted octanol–water partition coefficient (Wildman–Crippen LogP) is 1.44. The lowest BCUT2D eigenvalue weighted by Crippen LogP contribution is -2.13. The van der Waals surface area contributed by atoms with Crippen molar-refractivity contribution in [1.82, 2.24) is 0 Å². The molecule has 0 saturated heterocycles. The fourth-order valence-corrected chi connectivity index (χ4v) is 1.31. The van der Waals surface area contributed by atoms with Crippen molar-refractivity contribution in [3.63, 3.8) is 0 Å². The van der Waals surface area contributed by atoms with Gasteiger partial charge in [-0.15, -0.1) is 0 Å². The molecule has 0 heterocycles. The van der Waals surface area contributed by atoms with Crippen molar-refractivity contribution in [1.29, 1.82) is 0 Å². The van der Waals surface area contributed by atoms with Crippen molar-refractivity contribution in [3.05, 3.63) is 23.8 Å². The summed E-state index contributed by atoms with van der Waals surface area (Å²) in [4.78, 5) is 22.5. The largest absolute Gasteiger partial charge is 0.496 e. The fraction of sp³-hybridized carbons (Fsp3) is 0.273. The smallest absolute Gasteiger partial charge is 0.343 e. The number of benzene rings is 1. The highest BCUT2D eigenvalue weighted by atomic mass is 16.5. The van der Waals surface area contributed by atoms with Gasteiger partial charge in [0, 0.05) is 6.92 Å². The first-order valence-electron chi connectivity index (χ1n) is 4.63. The van der Waals surface area contributed by atoms with E-state index < -0.39 is 5.97 Å². The highest BCUT2D eigenvalue weighted by Crippen LogP contribution is 2.27. The summed E-state index contributed by atoms with van der Waals surface area (Å²) < 4.78 is 9.67. The summed E-state index contributed by atoms with van der Waals surface area (Å²) in [7, 11) is 2.71.